The van der Waals surface area contributed by atoms with Crippen molar-refractivity contribution in [1.82, 2.24) is 19.5 Å². The number of anilines is 1. The van der Waals surface area contributed by atoms with Gasteiger partial charge in [-0.1, -0.05) is 0 Å². The third-order valence-electron chi connectivity index (χ3n) is 3.71. The van der Waals surface area contributed by atoms with Crippen molar-refractivity contribution in [2.75, 3.05) is 18.5 Å². The van der Waals surface area contributed by atoms with E-state index in [4.69, 9.17) is 20.3 Å². The second-order valence-electron chi connectivity index (χ2n) is 5.58. The number of phosphoric ester groups is 1. The number of carbonyl (C=O) groups excluding carboxylic acids is 1. The summed E-state index contributed by atoms with van der Waals surface area (Å²) in [5, 5.41) is 12.8. The van der Waals surface area contributed by atoms with Crippen molar-refractivity contribution < 1.29 is 33.5 Å². The standard InChI is InChI=1S/C12H17N6O7P/c13-8(20)2-14-11-10-12(16-4-15-11)18(5-17-10)9-1-6(19)7(25-9)3-24-26(21,22)23/h4-7,9,19H,1-3H2,(H2,13,20)(H,14,15,16)(H2,21,22,23). The molecule has 6 N–H and O–H groups in total. The predicted molar refractivity (Wildman–Crippen MR) is 85.5 cm³/mol. The zero-order valence-electron chi connectivity index (χ0n) is 13.3. The maximum absolute atomic E-state index is 10.9. The molecule has 1 saturated heterocycles. The number of imidazole rings is 1. The Hall–Kier alpha value is -2.15. The third-order valence-corrected chi connectivity index (χ3v) is 4.20. The van der Waals surface area contributed by atoms with Crippen LogP contribution in [0.2, 0.25) is 0 Å². The molecule has 0 saturated carbocycles. The first-order valence-corrected chi connectivity index (χ1v) is 9.01. The third kappa shape index (κ3) is 4.15. The number of hydrogen-bond acceptors (Lipinski definition) is 9. The smallest absolute Gasteiger partial charge is 0.390 e. The lowest BCUT2D eigenvalue weighted by molar-refractivity contribution is -0.116. The largest absolute Gasteiger partial charge is 0.469 e. The van der Waals surface area contributed by atoms with Crippen molar-refractivity contribution in [3.05, 3.63) is 12.7 Å². The molecule has 142 valence electrons. The Morgan fingerprint density at radius 1 is 1.46 bits per heavy atom. The van der Waals surface area contributed by atoms with Crippen LogP contribution in [0.25, 0.3) is 11.2 Å². The molecule has 3 heterocycles. The summed E-state index contributed by atoms with van der Waals surface area (Å²) < 4.78 is 22.3. The van der Waals surface area contributed by atoms with Crippen molar-refractivity contribution in [2.45, 2.75) is 24.9 Å². The highest BCUT2D eigenvalue weighted by Gasteiger charge is 2.37. The van der Waals surface area contributed by atoms with Gasteiger partial charge in [-0.15, -0.1) is 0 Å². The van der Waals surface area contributed by atoms with Crippen LogP contribution < -0.4 is 11.1 Å². The van der Waals surface area contributed by atoms with E-state index in [0.717, 1.165) is 0 Å². The topological polar surface area (TPSA) is 195 Å². The van der Waals surface area contributed by atoms with Crippen LogP contribution in [0.1, 0.15) is 12.6 Å². The fourth-order valence-electron chi connectivity index (χ4n) is 2.57. The number of aliphatic hydroxyl groups is 1. The van der Waals surface area contributed by atoms with Gasteiger partial charge in [-0.25, -0.2) is 19.5 Å². The number of phosphoric acid groups is 1. The number of amides is 1. The maximum atomic E-state index is 10.9. The number of ether oxygens (including phenoxy) is 1. The van der Waals surface area contributed by atoms with Crippen LogP contribution in [0.15, 0.2) is 12.7 Å². The molecule has 1 amide bonds. The minimum Gasteiger partial charge on any atom is -0.390 e. The van der Waals surface area contributed by atoms with Crippen LogP contribution in [-0.4, -0.2) is 65.7 Å². The highest BCUT2D eigenvalue weighted by Crippen LogP contribution is 2.38. The van der Waals surface area contributed by atoms with Crippen LogP contribution in [0.4, 0.5) is 5.82 Å². The fourth-order valence-corrected chi connectivity index (χ4v) is 2.91. The van der Waals surface area contributed by atoms with E-state index in [1.807, 2.05) is 0 Å². The van der Waals surface area contributed by atoms with E-state index in [2.05, 4.69) is 24.8 Å². The van der Waals surface area contributed by atoms with Gasteiger partial charge in [-0.2, -0.15) is 0 Å². The van der Waals surface area contributed by atoms with Crippen molar-refractivity contribution in [1.29, 1.82) is 0 Å². The predicted octanol–water partition coefficient (Wildman–Crippen LogP) is -1.52. The number of nitrogens with one attached hydrogen (secondary N) is 1. The first-order valence-electron chi connectivity index (χ1n) is 7.48. The molecule has 2 aromatic heterocycles. The summed E-state index contributed by atoms with van der Waals surface area (Å²) in [5.41, 5.74) is 5.86. The van der Waals surface area contributed by atoms with Crippen LogP contribution in [0, 0.1) is 0 Å². The lowest BCUT2D eigenvalue weighted by Crippen LogP contribution is -2.25. The summed E-state index contributed by atoms with van der Waals surface area (Å²) in [7, 11) is -4.66. The average molecular weight is 388 g/mol. The van der Waals surface area contributed by atoms with Gasteiger partial charge >= 0.3 is 7.82 Å². The van der Waals surface area contributed by atoms with Gasteiger partial charge < -0.3 is 30.7 Å². The Labute approximate surface area is 146 Å². The average Bonchev–Trinajstić information content (AvgIpc) is 3.13. The fraction of sp³-hybridized carbons (Fsp3) is 0.500. The molecule has 26 heavy (non-hydrogen) atoms. The minimum atomic E-state index is -4.66. The molecule has 3 rings (SSSR count). The van der Waals surface area contributed by atoms with Gasteiger partial charge in [0, 0.05) is 6.42 Å². The summed E-state index contributed by atoms with van der Waals surface area (Å²) in [5.74, 6) is -0.251. The number of fused-ring (bicyclic) bond motifs is 1. The molecule has 13 nitrogen and oxygen atoms in total. The molecule has 0 aliphatic carbocycles. The van der Waals surface area contributed by atoms with E-state index in [-0.39, 0.29) is 13.0 Å². The Morgan fingerprint density at radius 3 is 2.92 bits per heavy atom. The van der Waals surface area contributed by atoms with E-state index < -0.39 is 38.8 Å². The van der Waals surface area contributed by atoms with E-state index in [0.29, 0.717) is 17.0 Å². The molecule has 0 spiro atoms. The number of hydrogen-bond donors (Lipinski definition) is 5. The first-order chi connectivity index (χ1) is 12.2. The summed E-state index contributed by atoms with van der Waals surface area (Å²) in [6, 6.07) is 0. The molecule has 3 atom stereocenters. The van der Waals surface area contributed by atoms with Crippen molar-refractivity contribution in [3.63, 3.8) is 0 Å². The summed E-state index contributed by atoms with van der Waals surface area (Å²) >= 11 is 0. The van der Waals surface area contributed by atoms with Crippen molar-refractivity contribution in [2.24, 2.45) is 5.73 Å². The molecular formula is C12H17N6O7P. The highest BCUT2D eigenvalue weighted by atomic mass is 31.2. The van der Waals surface area contributed by atoms with Crippen molar-refractivity contribution in [3.8, 4) is 0 Å². The second-order valence-corrected chi connectivity index (χ2v) is 6.82. The van der Waals surface area contributed by atoms with Crippen LogP contribution in [-0.2, 0) is 18.6 Å². The van der Waals surface area contributed by atoms with Crippen LogP contribution in [0.3, 0.4) is 0 Å². The van der Waals surface area contributed by atoms with Gasteiger partial charge in [0.25, 0.3) is 0 Å². The number of aromatic nitrogens is 4. The summed E-state index contributed by atoms with van der Waals surface area (Å²) in [6.45, 7) is -0.589. The monoisotopic (exact) mass is 388 g/mol. The van der Waals surface area contributed by atoms with Crippen LogP contribution in [0.5, 0.6) is 0 Å². The van der Waals surface area contributed by atoms with E-state index in [1.54, 1.807) is 4.57 Å². The van der Waals surface area contributed by atoms with Gasteiger partial charge in [-0.3, -0.25) is 13.9 Å². The Balaban J connectivity index is 1.77. The highest BCUT2D eigenvalue weighted by molar-refractivity contribution is 7.46. The van der Waals surface area contributed by atoms with Gasteiger partial charge in [0.05, 0.1) is 25.6 Å². The van der Waals surface area contributed by atoms with Crippen LogP contribution >= 0.6 is 7.82 Å². The minimum absolute atomic E-state index is 0.126. The van der Waals surface area contributed by atoms with E-state index in [1.165, 1.54) is 12.7 Å². The molecule has 0 bridgehead atoms. The van der Waals surface area contributed by atoms with E-state index in [9.17, 15) is 14.5 Å². The number of rotatable bonds is 7. The van der Waals surface area contributed by atoms with Gasteiger partial charge in [-0.05, 0) is 0 Å². The molecule has 0 radical (unpaired) electrons. The molecular weight excluding hydrogens is 371 g/mol. The van der Waals surface area contributed by atoms with Gasteiger partial charge in [0.1, 0.15) is 18.7 Å². The zero-order chi connectivity index (χ0) is 18.9. The SMILES string of the molecule is NC(=O)CNc1ncnc2c1ncn2C1CC(O)C(COP(=O)(O)O)O1. The lowest BCUT2D eigenvalue weighted by atomic mass is 10.2. The van der Waals surface area contributed by atoms with Crippen molar-refractivity contribution >= 4 is 30.7 Å². The zero-order valence-corrected chi connectivity index (χ0v) is 14.2. The summed E-state index contributed by atoms with van der Waals surface area (Å²) in [6.07, 6.45) is 0.272. The first kappa shape index (κ1) is 18.6. The Morgan fingerprint density at radius 2 is 2.23 bits per heavy atom. The Kier molecular flexibility index (Phi) is 5.18. The van der Waals surface area contributed by atoms with Gasteiger partial charge in [0.15, 0.2) is 17.0 Å². The molecule has 14 heteroatoms. The molecule has 1 fully saturated rings. The lowest BCUT2D eigenvalue weighted by Gasteiger charge is -2.16. The Bertz CT molecular complexity index is 854. The van der Waals surface area contributed by atoms with Gasteiger partial charge in [0.2, 0.25) is 5.91 Å². The molecule has 1 aliphatic rings. The number of carbonyl (C=O) groups is 1. The number of nitrogens with two attached hydrogens (primary N) is 1. The molecule has 2 aromatic rings. The maximum Gasteiger partial charge on any atom is 0.469 e. The number of aliphatic hydroxyl groups excluding tert-OH is 1. The second kappa shape index (κ2) is 7.23. The number of nitrogens with zero attached hydrogens (tertiary/aromatic N) is 4. The quantitative estimate of drug-likeness (QED) is 0.346. The summed E-state index contributed by atoms with van der Waals surface area (Å²) in [4.78, 5) is 40.7. The number of primary amides is 1. The normalized spacial score (nSPS) is 23.4. The molecule has 1 aliphatic heterocycles. The van der Waals surface area contributed by atoms with E-state index >= 15 is 0 Å². The molecule has 3 unspecified atom stereocenters. The molecule has 0 aromatic carbocycles.